The zero-order chi connectivity index (χ0) is 25.1. The van der Waals surface area contributed by atoms with Crippen LogP contribution in [0.3, 0.4) is 0 Å². The number of aromatic nitrogens is 2. The molecule has 2 aliphatic rings. The molecule has 2 amide bonds. The van der Waals surface area contributed by atoms with Crippen molar-refractivity contribution >= 4 is 29.2 Å². The van der Waals surface area contributed by atoms with Crippen molar-refractivity contribution in [3.8, 4) is 0 Å². The first-order valence-electron chi connectivity index (χ1n) is 11.4. The maximum Gasteiger partial charge on any atom is 0.414 e. The van der Waals surface area contributed by atoms with Gasteiger partial charge in [-0.3, -0.25) is 14.6 Å². The number of hydrogen-bond donors (Lipinski definition) is 1. The van der Waals surface area contributed by atoms with Gasteiger partial charge in [-0.05, 0) is 23.1 Å². The van der Waals surface area contributed by atoms with Crippen LogP contribution in [0.5, 0.6) is 0 Å². The zero-order valence-electron chi connectivity index (χ0n) is 19.6. The molecule has 1 aromatic carbocycles. The lowest BCUT2D eigenvalue weighted by atomic mass is 10.2. The summed E-state index contributed by atoms with van der Waals surface area (Å²) >= 11 is 0. The van der Waals surface area contributed by atoms with E-state index in [1.807, 2.05) is 4.90 Å². The second-order valence-electron chi connectivity index (χ2n) is 8.59. The second kappa shape index (κ2) is 10.3. The molecule has 13 heteroatoms. The third-order valence-electron chi connectivity index (χ3n) is 6.27. The Balaban J connectivity index is 1.32. The van der Waals surface area contributed by atoms with Crippen molar-refractivity contribution in [2.45, 2.75) is 26.5 Å². The highest BCUT2D eigenvalue weighted by atomic mass is 19.1. The topological polar surface area (TPSA) is 126 Å². The first-order valence-corrected chi connectivity index (χ1v) is 11.4. The van der Waals surface area contributed by atoms with Crippen molar-refractivity contribution < 1.29 is 23.6 Å². The highest BCUT2D eigenvalue weighted by molar-refractivity contribution is 5.90. The largest absolute Gasteiger partial charge is 0.442 e. The summed E-state index contributed by atoms with van der Waals surface area (Å²) in [5, 5.41) is 13.8. The van der Waals surface area contributed by atoms with E-state index in [0.29, 0.717) is 56.5 Å². The van der Waals surface area contributed by atoms with Crippen LogP contribution in [0.25, 0.3) is 0 Å². The number of nitrogens with zero attached hydrogens (tertiary/aromatic N) is 6. The van der Waals surface area contributed by atoms with Gasteiger partial charge in [0.1, 0.15) is 24.7 Å². The third kappa shape index (κ3) is 5.50. The van der Waals surface area contributed by atoms with Crippen LogP contribution in [0.1, 0.15) is 12.7 Å². The summed E-state index contributed by atoms with van der Waals surface area (Å²) in [7, 11) is 0. The Morgan fingerprint density at radius 2 is 2.03 bits per heavy atom. The highest BCUT2D eigenvalue weighted by Gasteiger charge is 2.33. The molecule has 35 heavy (non-hydrogen) atoms. The van der Waals surface area contributed by atoms with Crippen LogP contribution in [0, 0.1) is 22.9 Å². The number of amides is 2. The first kappa shape index (κ1) is 24.4. The summed E-state index contributed by atoms with van der Waals surface area (Å²) in [4.78, 5) is 43.5. The van der Waals surface area contributed by atoms with Gasteiger partial charge in [0.05, 0.1) is 24.5 Å². The quantitative estimate of drug-likeness (QED) is 0.437. The van der Waals surface area contributed by atoms with E-state index in [-0.39, 0.29) is 24.8 Å². The van der Waals surface area contributed by atoms with Crippen LogP contribution >= 0.6 is 0 Å². The zero-order valence-corrected chi connectivity index (χ0v) is 19.6. The van der Waals surface area contributed by atoms with Gasteiger partial charge < -0.3 is 25.1 Å². The molecule has 2 aliphatic heterocycles. The van der Waals surface area contributed by atoms with Gasteiger partial charge in [0.2, 0.25) is 5.91 Å². The van der Waals surface area contributed by atoms with Crippen LogP contribution in [0.4, 0.5) is 26.4 Å². The van der Waals surface area contributed by atoms with E-state index in [1.165, 1.54) is 24.1 Å². The second-order valence-corrected chi connectivity index (χ2v) is 8.59. The minimum Gasteiger partial charge on any atom is -0.442 e. The van der Waals surface area contributed by atoms with E-state index in [9.17, 15) is 24.1 Å². The van der Waals surface area contributed by atoms with Gasteiger partial charge in [-0.25, -0.2) is 18.7 Å². The number of imidazole rings is 1. The Morgan fingerprint density at radius 3 is 2.69 bits per heavy atom. The van der Waals surface area contributed by atoms with E-state index >= 15 is 0 Å². The van der Waals surface area contributed by atoms with Crippen LogP contribution in [0.15, 0.2) is 24.4 Å². The molecule has 2 aromatic rings. The SMILES string of the molecule is CC(=O)NC[C@H]1CN(c2ccc(N3CCN(CCn4c([N+](=O)[O-])cnc4C)CC3)c(F)c2)C(=O)O1. The number of cyclic esters (lactones) is 1. The number of nitrogens with one attached hydrogen (secondary N) is 1. The van der Waals surface area contributed by atoms with Gasteiger partial charge in [-0.15, -0.1) is 0 Å². The number of ether oxygens (including phenoxy) is 1. The molecular weight excluding hydrogens is 461 g/mol. The number of rotatable bonds is 8. The van der Waals surface area contributed by atoms with Crippen molar-refractivity contribution in [3.05, 3.63) is 46.2 Å². The van der Waals surface area contributed by atoms with Gasteiger partial charge in [-0.2, -0.15) is 0 Å². The molecule has 0 aliphatic carbocycles. The summed E-state index contributed by atoms with van der Waals surface area (Å²) in [5.41, 5.74) is 0.856. The number of nitro groups is 1. The molecule has 0 radical (unpaired) electrons. The number of benzene rings is 1. The summed E-state index contributed by atoms with van der Waals surface area (Å²) in [6, 6.07) is 4.67. The Bertz CT molecular complexity index is 1120. The van der Waals surface area contributed by atoms with Gasteiger partial charge >= 0.3 is 11.9 Å². The van der Waals surface area contributed by atoms with Crippen molar-refractivity contribution in [1.29, 1.82) is 0 Å². The standard InChI is InChI=1S/C22H28FN7O5/c1-15-24-13-21(30(33)34)28(15)10-7-26-5-8-27(9-6-26)20-4-3-17(11-19(20)23)29-14-18(35-22(29)32)12-25-16(2)31/h3-4,11,13,18H,5-10,12,14H2,1-2H3,(H,25,31)/t18-/m0/s1. The molecule has 188 valence electrons. The molecule has 12 nitrogen and oxygen atoms in total. The van der Waals surface area contributed by atoms with Crippen LogP contribution in [-0.2, 0) is 16.1 Å². The fourth-order valence-corrected chi connectivity index (χ4v) is 4.35. The molecule has 1 aromatic heterocycles. The summed E-state index contributed by atoms with van der Waals surface area (Å²) in [6.45, 7) is 7.22. The Kier molecular flexibility index (Phi) is 7.15. The number of hydrogen-bond acceptors (Lipinski definition) is 8. The molecular formula is C22H28FN7O5. The Labute approximate surface area is 201 Å². The van der Waals surface area contributed by atoms with Crippen molar-refractivity contribution in [2.75, 3.05) is 55.6 Å². The maximum absolute atomic E-state index is 15.0. The number of aryl methyl sites for hydroxylation is 1. The lowest BCUT2D eigenvalue weighted by Crippen LogP contribution is -2.47. The summed E-state index contributed by atoms with van der Waals surface area (Å²) in [5.74, 6) is -0.0701. The van der Waals surface area contributed by atoms with Crippen molar-refractivity contribution in [2.24, 2.45) is 0 Å². The molecule has 0 unspecified atom stereocenters. The van der Waals surface area contributed by atoms with Crippen molar-refractivity contribution in [3.63, 3.8) is 0 Å². The molecule has 3 heterocycles. The fraction of sp³-hybridized carbons (Fsp3) is 0.500. The van der Waals surface area contributed by atoms with Crippen molar-refractivity contribution in [1.82, 2.24) is 19.8 Å². The molecule has 1 N–H and O–H groups in total. The van der Waals surface area contributed by atoms with Gasteiger partial charge in [0.25, 0.3) is 0 Å². The average molecular weight is 490 g/mol. The van der Waals surface area contributed by atoms with E-state index in [2.05, 4.69) is 15.2 Å². The smallest absolute Gasteiger partial charge is 0.414 e. The average Bonchev–Trinajstić information content (AvgIpc) is 3.38. The molecule has 0 spiro atoms. The number of anilines is 2. The summed E-state index contributed by atoms with van der Waals surface area (Å²) in [6.07, 6.45) is 0.203. The Hall–Kier alpha value is -3.74. The van der Waals surface area contributed by atoms with E-state index < -0.39 is 22.9 Å². The van der Waals surface area contributed by atoms with E-state index in [0.717, 1.165) is 0 Å². The molecule has 1 atom stereocenters. The number of piperazine rings is 1. The first-order chi connectivity index (χ1) is 16.7. The van der Waals surface area contributed by atoms with E-state index in [4.69, 9.17) is 4.74 Å². The predicted octanol–water partition coefficient (Wildman–Crippen LogP) is 1.52. The molecule has 0 saturated carbocycles. The normalized spacial score (nSPS) is 18.6. The van der Waals surface area contributed by atoms with Crippen LogP contribution < -0.4 is 15.1 Å². The molecule has 2 saturated heterocycles. The van der Waals surface area contributed by atoms with E-state index in [1.54, 1.807) is 23.6 Å². The molecule has 4 rings (SSSR count). The number of carbonyl (C=O) groups is 2. The minimum absolute atomic E-state index is 0.0217. The maximum atomic E-state index is 15.0. The molecule has 2 fully saturated rings. The lowest BCUT2D eigenvalue weighted by molar-refractivity contribution is -0.392. The third-order valence-corrected chi connectivity index (χ3v) is 6.27. The van der Waals surface area contributed by atoms with Gasteiger partial charge in [0.15, 0.2) is 5.82 Å². The fourth-order valence-electron chi connectivity index (χ4n) is 4.35. The highest BCUT2D eigenvalue weighted by Crippen LogP contribution is 2.28. The monoisotopic (exact) mass is 489 g/mol. The predicted molar refractivity (Wildman–Crippen MR) is 125 cm³/mol. The van der Waals surface area contributed by atoms with Crippen LogP contribution in [0.2, 0.25) is 0 Å². The van der Waals surface area contributed by atoms with Gasteiger partial charge in [-0.1, -0.05) is 0 Å². The number of halogens is 1. The van der Waals surface area contributed by atoms with Crippen LogP contribution in [-0.4, -0.2) is 83.3 Å². The van der Waals surface area contributed by atoms with Gasteiger partial charge in [0, 0.05) is 46.6 Å². The Morgan fingerprint density at radius 1 is 1.29 bits per heavy atom. The lowest BCUT2D eigenvalue weighted by Gasteiger charge is -2.36. The molecule has 0 bridgehead atoms. The number of carbonyl (C=O) groups excluding carboxylic acids is 2. The minimum atomic E-state index is -0.575. The summed E-state index contributed by atoms with van der Waals surface area (Å²) < 4.78 is 21.8.